The highest BCUT2D eigenvalue weighted by molar-refractivity contribution is 5.89. The third kappa shape index (κ3) is 3.47. The molecule has 8 nitrogen and oxygen atoms in total. The van der Waals surface area contributed by atoms with Gasteiger partial charge in [0.05, 0.1) is 5.69 Å². The molecular weight excluding hydrogens is 322 g/mol. The van der Waals surface area contributed by atoms with Crippen molar-refractivity contribution in [1.29, 1.82) is 0 Å². The molecule has 0 saturated heterocycles. The number of nitrogens with zero attached hydrogens (tertiary/aromatic N) is 4. The molecule has 8 heteroatoms. The van der Waals surface area contributed by atoms with Crippen molar-refractivity contribution in [1.82, 2.24) is 25.2 Å². The second kappa shape index (κ2) is 6.31. The zero-order valence-electron chi connectivity index (χ0n) is 13.3. The number of hydrogen-bond donors (Lipinski definition) is 1. The molecule has 25 heavy (non-hydrogen) atoms. The van der Waals surface area contributed by atoms with Crippen LogP contribution in [0.2, 0.25) is 0 Å². The van der Waals surface area contributed by atoms with Gasteiger partial charge in [-0.1, -0.05) is 35.5 Å². The van der Waals surface area contributed by atoms with Gasteiger partial charge >= 0.3 is 11.8 Å². The van der Waals surface area contributed by atoms with Gasteiger partial charge in [-0.05, 0) is 18.9 Å². The van der Waals surface area contributed by atoms with Gasteiger partial charge in [0.1, 0.15) is 6.54 Å². The fourth-order valence-corrected chi connectivity index (χ4v) is 2.34. The number of amides is 1. The number of nitrogens with one attached hydrogen (secondary N) is 1. The Kier molecular flexibility index (Phi) is 3.85. The minimum atomic E-state index is -0.389. The van der Waals surface area contributed by atoms with Crippen LogP contribution in [0.4, 0.5) is 0 Å². The fourth-order valence-electron chi connectivity index (χ4n) is 2.34. The molecule has 1 saturated carbocycles. The molecule has 4 rings (SSSR count). The summed E-state index contributed by atoms with van der Waals surface area (Å²) in [7, 11) is 0. The number of rotatable bonds is 5. The lowest BCUT2D eigenvalue weighted by Gasteiger charge is -2.04. The van der Waals surface area contributed by atoms with Crippen molar-refractivity contribution in [3.8, 4) is 11.3 Å². The van der Waals surface area contributed by atoms with E-state index >= 15 is 0 Å². The molecule has 0 unspecified atom stereocenters. The van der Waals surface area contributed by atoms with Crippen molar-refractivity contribution in [3.63, 3.8) is 0 Å². The standard InChI is InChI=1S/C17H15N5O3/c23-15-9-8-13(11-4-2-1-3-5-11)20-22(15)10-14-19-17(25-21-14)16(24)18-12-6-7-12/h1-5,8-9,12H,6-7,10H2,(H,18,24). The topological polar surface area (TPSA) is 103 Å². The summed E-state index contributed by atoms with van der Waals surface area (Å²) in [4.78, 5) is 28.0. The number of hydrogen-bond acceptors (Lipinski definition) is 6. The van der Waals surface area contributed by atoms with E-state index in [0.29, 0.717) is 5.69 Å². The van der Waals surface area contributed by atoms with Crippen LogP contribution in [0.25, 0.3) is 11.3 Å². The lowest BCUT2D eigenvalue weighted by molar-refractivity contribution is 0.0907. The maximum absolute atomic E-state index is 12.0. The minimum absolute atomic E-state index is 0.0275. The maximum Gasteiger partial charge on any atom is 0.316 e. The highest BCUT2D eigenvalue weighted by atomic mass is 16.5. The largest absolute Gasteiger partial charge is 0.345 e. The molecule has 3 aromatic rings. The van der Waals surface area contributed by atoms with Gasteiger partial charge < -0.3 is 9.84 Å². The van der Waals surface area contributed by atoms with Crippen LogP contribution < -0.4 is 10.9 Å². The van der Waals surface area contributed by atoms with Crippen molar-refractivity contribution < 1.29 is 9.32 Å². The van der Waals surface area contributed by atoms with E-state index in [1.54, 1.807) is 6.07 Å². The molecule has 1 fully saturated rings. The lowest BCUT2D eigenvalue weighted by Crippen LogP contribution is -2.26. The Labute approximate surface area is 142 Å². The highest BCUT2D eigenvalue weighted by Gasteiger charge is 2.26. The summed E-state index contributed by atoms with van der Waals surface area (Å²) in [6, 6.07) is 12.8. The molecule has 1 aromatic carbocycles. The van der Waals surface area contributed by atoms with Gasteiger partial charge in [0.25, 0.3) is 5.56 Å². The van der Waals surface area contributed by atoms with E-state index in [-0.39, 0.29) is 35.8 Å². The quantitative estimate of drug-likeness (QED) is 0.751. The Hall–Kier alpha value is -3.29. The van der Waals surface area contributed by atoms with Crippen molar-refractivity contribution in [3.05, 3.63) is 64.5 Å². The summed E-state index contributed by atoms with van der Waals surface area (Å²) in [5.74, 6) is -0.269. The average molecular weight is 337 g/mol. The number of benzene rings is 1. The molecular formula is C17H15N5O3. The van der Waals surface area contributed by atoms with Gasteiger partial charge in [0.2, 0.25) is 0 Å². The Morgan fingerprint density at radius 2 is 2.00 bits per heavy atom. The van der Waals surface area contributed by atoms with E-state index < -0.39 is 0 Å². The first-order valence-corrected chi connectivity index (χ1v) is 7.96. The summed E-state index contributed by atoms with van der Waals surface area (Å²) in [6.45, 7) is 0.0275. The van der Waals surface area contributed by atoms with E-state index in [4.69, 9.17) is 4.52 Å². The maximum atomic E-state index is 12.0. The predicted octanol–water partition coefficient (Wildman–Crippen LogP) is 1.23. The number of carbonyl (C=O) groups is 1. The SMILES string of the molecule is O=C(NC1CC1)c1nc(Cn2nc(-c3ccccc3)ccc2=O)no1. The molecule has 1 aliphatic rings. The Bertz CT molecular complexity index is 960. The second-order valence-electron chi connectivity index (χ2n) is 5.84. The van der Waals surface area contributed by atoms with Crippen molar-refractivity contribution in [2.24, 2.45) is 0 Å². The second-order valence-corrected chi connectivity index (χ2v) is 5.84. The van der Waals surface area contributed by atoms with E-state index in [1.165, 1.54) is 10.7 Å². The summed E-state index contributed by atoms with van der Waals surface area (Å²) in [5, 5.41) is 10.9. The van der Waals surface area contributed by atoms with Gasteiger partial charge in [0, 0.05) is 17.7 Å². The first-order chi connectivity index (χ1) is 12.2. The average Bonchev–Trinajstić information content (AvgIpc) is 3.32. The van der Waals surface area contributed by atoms with Crippen LogP contribution in [0.15, 0.2) is 51.8 Å². The van der Waals surface area contributed by atoms with Crippen LogP contribution in [-0.2, 0) is 6.54 Å². The molecule has 1 N–H and O–H groups in total. The fraction of sp³-hybridized carbons (Fsp3) is 0.235. The van der Waals surface area contributed by atoms with Crippen LogP contribution in [0, 0.1) is 0 Å². The monoisotopic (exact) mass is 337 g/mol. The van der Waals surface area contributed by atoms with E-state index in [9.17, 15) is 9.59 Å². The third-order valence-electron chi connectivity index (χ3n) is 3.80. The van der Waals surface area contributed by atoms with Gasteiger partial charge in [-0.25, -0.2) is 4.68 Å². The van der Waals surface area contributed by atoms with Gasteiger partial charge in [0.15, 0.2) is 5.82 Å². The minimum Gasteiger partial charge on any atom is -0.345 e. The lowest BCUT2D eigenvalue weighted by atomic mass is 10.1. The zero-order valence-corrected chi connectivity index (χ0v) is 13.3. The van der Waals surface area contributed by atoms with Crippen LogP contribution in [0.3, 0.4) is 0 Å². The normalized spacial score (nSPS) is 13.6. The number of carbonyl (C=O) groups excluding carboxylic acids is 1. The Morgan fingerprint density at radius 1 is 1.20 bits per heavy atom. The van der Waals surface area contributed by atoms with Crippen LogP contribution in [0.5, 0.6) is 0 Å². The van der Waals surface area contributed by atoms with Crippen LogP contribution in [0.1, 0.15) is 29.4 Å². The summed E-state index contributed by atoms with van der Waals surface area (Å²) in [6.07, 6.45) is 1.94. The molecule has 2 aromatic heterocycles. The highest BCUT2D eigenvalue weighted by Crippen LogP contribution is 2.19. The predicted molar refractivity (Wildman–Crippen MR) is 87.8 cm³/mol. The molecule has 0 aliphatic heterocycles. The summed E-state index contributed by atoms with van der Waals surface area (Å²) >= 11 is 0. The number of aromatic nitrogens is 4. The van der Waals surface area contributed by atoms with Crippen LogP contribution >= 0.6 is 0 Å². The van der Waals surface area contributed by atoms with Crippen LogP contribution in [-0.4, -0.2) is 31.9 Å². The van der Waals surface area contributed by atoms with E-state index in [2.05, 4.69) is 20.6 Å². The zero-order chi connectivity index (χ0) is 17.2. The van der Waals surface area contributed by atoms with Gasteiger partial charge in [-0.3, -0.25) is 9.59 Å². The molecule has 126 valence electrons. The van der Waals surface area contributed by atoms with Gasteiger partial charge in [-0.15, -0.1) is 0 Å². The molecule has 2 heterocycles. The molecule has 0 bridgehead atoms. The molecule has 0 spiro atoms. The van der Waals surface area contributed by atoms with Crippen molar-refractivity contribution in [2.75, 3.05) is 0 Å². The summed E-state index contributed by atoms with van der Waals surface area (Å²) < 4.78 is 6.21. The molecule has 0 atom stereocenters. The Balaban J connectivity index is 1.55. The van der Waals surface area contributed by atoms with Crippen molar-refractivity contribution >= 4 is 5.91 Å². The molecule has 1 aliphatic carbocycles. The van der Waals surface area contributed by atoms with E-state index in [0.717, 1.165) is 18.4 Å². The molecule has 1 amide bonds. The smallest absolute Gasteiger partial charge is 0.316 e. The third-order valence-corrected chi connectivity index (χ3v) is 3.80. The van der Waals surface area contributed by atoms with E-state index in [1.807, 2.05) is 30.3 Å². The Morgan fingerprint density at radius 3 is 2.76 bits per heavy atom. The van der Waals surface area contributed by atoms with Gasteiger partial charge in [-0.2, -0.15) is 10.1 Å². The first kappa shape index (κ1) is 15.3. The van der Waals surface area contributed by atoms with Crippen molar-refractivity contribution in [2.45, 2.75) is 25.4 Å². The molecule has 0 radical (unpaired) electrons. The first-order valence-electron chi connectivity index (χ1n) is 7.96. The summed E-state index contributed by atoms with van der Waals surface area (Å²) in [5.41, 5.74) is 1.28.